The van der Waals surface area contributed by atoms with Crippen LogP contribution in [0.5, 0.6) is 0 Å². The van der Waals surface area contributed by atoms with E-state index in [-0.39, 0.29) is 0 Å². The summed E-state index contributed by atoms with van der Waals surface area (Å²) >= 11 is 7.71. The monoisotopic (exact) mass is 302 g/mol. The molecule has 0 atom stereocenters. The molecule has 1 N–H and O–H groups in total. The number of hydrogen-bond acceptors (Lipinski definition) is 3. The third kappa shape index (κ3) is 3.11. The van der Waals surface area contributed by atoms with Gasteiger partial charge in [-0.15, -0.1) is 11.3 Å². The first-order chi connectivity index (χ1) is 9.70. The molecular formula is C16H15ClN2S. The standard InChI is InChI=1S/C16H15ClN2S/c1-11-2-5-13(6-3-11)18-9-8-16-19-14-7-4-12(17)10-15(14)20-16/h2-7,10,18H,8-9H2,1H3. The van der Waals surface area contributed by atoms with E-state index < -0.39 is 0 Å². The van der Waals surface area contributed by atoms with Gasteiger partial charge in [0.1, 0.15) is 0 Å². The van der Waals surface area contributed by atoms with Crippen molar-refractivity contribution in [2.75, 3.05) is 11.9 Å². The summed E-state index contributed by atoms with van der Waals surface area (Å²) in [6.45, 7) is 2.98. The molecule has 4 heteroatoms. The Morgan fingerprint density at radius 1 is 1.15 bits per heavy atom. The minimum atomic E-state index is 0.769. The van der Waals surface area contributed by atoms with Gasteiger partial charge in [0.2, 0.25) is 0 Å². The Labute approximate surface area is 127 Å². The highest BCUT2D eigenvalue weighted by atomic mass is 35.5. The largest absolute Gasteiger partial charge is 0.385 e. The van der Waals surface area contributed by atoms with E-state index in [1.165, 1.54) is 5.56 Å². The first-order valence-electron chi connectivity index (χ1n) is 6.56. The molecule has 0 aliphatic rings. The highest BCUT2D eigenvalue weighted by Crippen LogP contribution is 2.25. The first-order valence-corrected chi connectivity index (χ1v) is 7.76. The molecule has 0 spiro atoms. The zero-order valence-electron chi connectivity index (χ0n) is 11.2. The summed E-state index contributed by atoms with van der Waals surface area (Å²) in [5.74, 6) is 0. The number of nitrogens with zero attached hydrogens (tertiary/aromatic N) is 1. The molecule has 1 aromatic heterocycles. The summed E-state index contributed by atoms with van der Waals surface area (Å²) < 4.78 is 1.16. The van der Waals surface area contributed by atoms with Crippen molar-refractivity contribution >= 4 is 38.8 Å². The van der Waals surface area contributed by atoms with Crippen LogP contribution in [-0.4, -0.2) is 11.5 Å². The molecule has 0 amide bonds. The number of nitrogens with one attached hydrogen (secondary N) is 1. The van der Waals surface area contributed by atoms with Gasteiger partial charge in [-0.2, -0.15) is 0 Å². The van der Waals surface area contributed by atoms with Gasteiger partial charge in [-0.25, -0.2) is 4.98 Å². The van der Waals surface area contributed by atoms with Crippen LogP contribution in [0.15, 0.2) is 42.5 Å². The molecule has 2 nitrogen and oxygen atoms in total. The van der Waals surface area contributed by atoms with E-state index in [9.17, 15) is 0 Å². The summed E-state index contributed by atoms with van der Waals surface area (Å²) in [7, 11) is 0. The Hall–Kier alpha value is -1.58. The average Bonchev–Trinajstić information content (AvgIpc) is 2.83. The lowest BCUT2D eigenvalue weighted by molar-refractivity contribution is 1.00. The molecular weight excluding hydrogens is 288 g/mol. The molecule has 0 saturated carbocycles. The van der Waals surface area contributed by atoms with Gasteiger partial charge in [0.15, 0.2) is 0 Å². The quantitative estimate of drug-likeness (QED) is 0.740. The molecule has 0 fully saturated rings. The predicted octanol–water partition coefficient (Wildman–Crippen LogP) is 4.91. The maximum atomic E-state index is 5.99. The number of rotatable bonds is 4. The number of aromatic nitrogens is 1. The number of thiazole rings is 1. The highest BCUT2D eigenvalue weighted by Gasteiger charge is 2.04. The van der Waals surface area contributed by atoms with Crippen molar-refractivity contribution in [1.29, 1.82) is 0 Å². The molecule has 102 valence electrons. The second-order valence-electron chi connectivity index (χ2n) is 4.76. The number of aryl methyl sites for hydroxylation is 1. The smallest absolute Gasteiger partial charge is 0.0956 e. The Morgan fingerprint density at radius 2 is 1.95 bits per heavy atom. The normalized spacial score (nSPS) is 10.9. The van der Waals surface area contributed by atoms with E-state index in [1.54, 1.807) is 11.3 Å². The zero-order chi connectivity index (χ0) is 13.9. The lowest BCUT2D eigenvalue weighted by Gasteiger charge is -2.04. The van der Waals surface area contributed by atoms with Crippen LogP contribution in [-0.2, 0) is 6.42 Å². The fraction of sp³-hybridized carbons (Fsp3) is 0.188. The van der Waals surface area contributed by atoms with E-state index >= 15 is 0 Å². The minimum absolute atomic E-state index is 0.769. The van der Waals surface area contributed by atoms with Crippen LogP contribution >= 0.6 is 22.9 Å². The molecule has 1 heterocycles. The van der Waals surface area contributed by atoms with Crippen LogP contribution < -0.4 is 5.32 Å². The van der Waals surface area contributed by atoms with Crippen molar-refractivity contribution in [3.63, 3.8) is 0 Å². The van der Waals surface area contributed by atoms with E-state index in [4.69, 9.17) is 11.6 Å². The van der Waals surface area contributed by atoms with Crippen molar-refractivity contribution in [3.8, 4) is 0 Å². The van der Waals surface area contributed by atoms with E-state index in [2.05, 4.69) is 41.5 Å². The third-order valence-corrected chi connectivity index (χ3v) is 4.43. The van der Waals surface area contributed by atoms with Crippen LogP contribution in [0.3, 0.4) is 0 Å². The van der Waals surface area contributed by atoms with Crippen LogP contribution in [0.2, 0.25) is 5.02 Å². The molecule has 0 saturated heterocycles. The summed E-state index contributed by atoms with van der Waals surface area (Å²) in [5, 5.41) is 5.33. The summed E-state index contributed by atoms with van der Waals surface area (Å²) in [5.41, 5.74) is 3.46. The molecule has 2 aromatic carbocycles. The molecule has 3 aromatic rings. The van der Waals surface area contributed by atoms with Gasteiger partial charge >= 0.3 is 0 Å². The fourth-order valence-electron chi connectivity index (χ4n) is 2.04. The van der Waals surface area contributed by atoms with Gasteiger partial charge in [0.05, 0.1) is 15.2 Å². The molecule has 0 bridgehead atoms. The van der Waals surface area contributed by atoms with Gasteiger partial charge in [-0.1, -0.05) is 29.3 Å². The lowest BCUT2D eigenvalue weighted by Crippen LogP contribution is -2.04. The summed E-state index contributed by atoms with van der Waals surface area (Å²) in [6, 6.07) is 14.3. The van der Waals surface area contributed by atoms with Gasteiger partial charge in [0.25, 0.3) is 0 Å². The number of anilines is 1. The van der Waals surface area contributed by atoms with E-state index in [0.717, 1.165) is 38.9 Å². The van der Waals surface area contributed by atoms with Crippen molar-refractivity contribution < 1.29 is 0 Å². The number of fused-ring (bicyclic) bond motifs is 1. The topological polar surface area (TPSA) is 24.9 Å². The lowest BCUT2D eigenvalue weighted by atomic mass is 10.2. The highest BCUT2D eigenvalue weighted by molar-refractivity contribution is 7.18. The van der Waals surface area contributed by atoms with Crippen molar-refractivity contribution in [2.45, 2.75) is 13.3 Å². The predicted molar refractivity (Wildman–Crippen MR) is 88.0 cm³/mol. The van der Waals surface area contributed by atoms with Crippen LogP contribution in [0.4, 0.5) is 5.69 Å². The second kappa shape index (κ2) is 5.81. The van der Waals surface area contributed by atoms with Gasteiger partial charge in [-0.3, -0.25) is 0 Å². The van der Waals surface area contributed by atoms with Crippen molar-refractivity contribution in [3.05, 3.63) is 58.1 Å². The molecule has 0 unspecified atom stereocenters. The summed E-state index contributed by atoms with van der Waals surface area (Å²) in [4.78, 5) is 4.62. The van der Waals surface area contributed by atoms with Crippen LogP contribution in [0.1, 0.15) is 10.6 Å². The zero-order valence-corrected chi connectivity index (χ0v) is 12.8. The number of hydrogen-bond donors (Lipinski definition) is 1. The Kier molecular flexibility index (Phi) is 3.90. The minimum Gasteiger partial charge on any atom is -0.385 e. The third-order valence-electron chi connectivity index (χ3n) is 3.11. The number of halogens is 1. The van der Waals surface area contributed by atoms with Gasteiger partial charge in [0, 0.05) is 23.7 Å². The number of benzene rings is 2. The van der Waals surface area contributed by atoms with E-state index in [1.807, 2.05) is 18.2 Å². The Balaban J connectivity index is 1.63. The average molecular weight is 303 g/mol. The van der Waals surface area contributed by atoms with Crippen molar-refractivity contribution in [1.82, 2.24) is 4.98 Å². The SMILES string of the molecule is Cc1ccc(NCCc2nc3ccc(Cl)cc3s2)cc1. The maximum Gasteiger partial charge on any atom is 0.0956 e. The maximum absolute atomic E-state index is 5.99. The fourth-order valence-corrected chi connectivity index (χ4v) is 3.28. The Morgan fingerprint density at radius 3 is 2.75 bits per heavy atom. The van der Waals surface area contributed by atoms with Gasteiger partial charge in [-0.05, 0) is 37.3 Å². The van der Waals surface area contributed by atoms with Crippen molar-refractivity contribution in [2.24, 2.45) is 0 Å². The molecule has 0 aliphatic carbocycles. The Bertz CT molecular complexity index is 719. The van der Waals surface area contributed by atoms with Crippen LogP contribution in [0, 0.1) is 6.92 Å². The first kappa shape index (κ1) is 13.4. The molecule has 20 heavy (non-hydrogen) atoms. The van der Waals surface area contributed by atoms with Crippen LogP contribution in [0.25, 0.3) is 10.2 Å². The summed E-state index contributed by atoms with van der Waals surface area (Å²) in [6.07, 6.45) is 0.921. The molecule has 0 radical (unpaired) electrons. The van der Waals surface area contributed by atoms with E-state index in [0.29, 0.717) is 0 Å². The second-order valence-corrected chi connectivity index (χ2v) is 6.31. The van der Waals surface area contributed by atoms with Gasteiger partial charge < -0.3 is 5.32 Å². The molecule has 0 aliphatic heterocycles. The molecule has 3 rings (SSSR count).